The Morgan fingerprint density at radius 2 is 1.96 bits per heavy atom. The third-order valence-electron chi connectivity index (χ3n) is 3.08. The van der Waals surface area contributed by atoms with Crippen molar-refractivity contribution in [1.29, 1.82) is 0 Å². The van der Waals surface area contributed by atoms with Crippen molar-refractivity contribution in [3.05, 3.63) is 62.7 Å². The Balaban J connectivity index is 1.77. The van der Waals surface area contributed by atoms with Gasteiger partial charge in [0.05, 0.1) is 4.91 Å². The number of rotatable bonds is 3. The van der Waals surface area contributed by atoms with Gasteiger partial charge in [0.1, 0.15) is 0 Å². The van der Waals surface area contributed by atoms with Gasteiger partial charge in [0, 0.05) is 15.3 Å². The van der Waals surface area contributed by atoms with Crippen LogP contribution >= 0.6 is 35.3 Å². The summed E-state index contributed by atoms with van der Waals surface area (Å²) in [6, 6.07) is 12.6. The number of aryl methyl sites for hydroxylation is 1. The minimum absolute atomic E-state index is 0.310. The number of carbonyl (C=O) groups excluding carboxylic acids is 2. The molecule has 23 heavy (non-hydrogen) atoms. The van der Waals surface area contributed by atoms with Crippen molar-refractivity contribution >= 4 is 57.5 Å². The number of hydrogen-bond donors (Lipinski definition) is 1. The van der Waals surface area contributed by atoms with Crippen LogP contribution in [0.3, 0.4) is 0 Å². The summed E-state index contributed by atoms with van der Waals surface area (Å²) in [6.45, 7) is 2.01. The topological polar surface area (TPSA) is 49.4 Å². The quantitative estimate of drug-likeness (QED) is 0.671. The predicted octanol–water partition coefficient (Wildman–Crippen LogP) is 3.60. The lowest BCUT2D eigenvalue weighted by Crippen LogP contribution is -2.44. The monoisotopic (exact) mass is 360 g/mol. The van der Waals surface area contributed by atoms with E-state index < -0.39 is 0 Å². The van der Waals surface area contributed by atoms with Crippen molar-refractivity contribution in [2.75, 3.05) is 0 Å². The number of thioether (sulfide) groups is 1. The van der Waals surface area contributed by atoms with Crippen LogP contribution in [-0.4, -0.2) is 21.1 Å². The number of benzene rings is 1. The fraction of sp³-hybridized carbons (Fsp3) is 0.0625. The number of thiocarbonyl (C=S) groups is 1. The molecule has 2 amide bonds. The normalized spacial score (nSPS) is 16.2. The number of carbonyl (C=O) groups is 2. The molecule has 1 N–H and O–H groups in total. The summed E-state index contributed by atoms with van der Waals surface area (Å²) >= 11 is 7.98. The smallest absolute Gasteiger partial charge is 0.267 e. The van der Waals surface area contributed by atoms with E-state index in [9.17, 15) is 9.59 Å². The first kappa shape index (κ1) is 15.9. The van der Waals surface area contributed by atoms with Gasteiger partial charge in [0.15, 0.2) is 4.32 Å². The van der Waals surface area contributed by atoms with E-state index >= 15 is 0 Å². The minimum atomic E-state index is -0.366. The van der Waals surface area contributed by atoms with Crippen LogP contribution in [0.2, 0.25) is 0 Å². The van der Waals surface area contributed by atoms with E-state index in [4.69, 9.17) is 12.2 Å². The molecule has 1 fully saturated rings. The van der Waals surface area contributed by atoms with Gasteiger partial charge in [-0.3, -0.25) is 15.0 Å². The Labute approximate surface area is 147 Å². The maximum atomic E-state index is 12.4. The summed E-state index contributed by atoms with van der Waals surface area (Å²) in [5.74, 6) is -0.676. The molecule has 0 unspecified atom stereocenters. The van der Waals surface area contributed by atoms with Crippen LogP contribution in [0, 0.1) is 6.92 Å². The van der Waals surface area contributed by atoms with Crippen LogP contribution < -0.4 is 5.43 Å². The first-order chi connectivity index (χ1) is 11.0. The molecular formula is C16H12N2O2S3. The molecule has 4 nitrogen and oxygen atoms in total. The Morgan fingerprint density at radius 3 is 2.61 bits per heavy atom. The Hall–Kier alpha value is -1.96. The molecule has 1 saturated heterocycles. The second-order valence-electron chi connectivity index (χ2n) is 4.77. The highest BCUT2D eigenvalue weighted by Crippen LogP contribution is 2.32. The molecule has 0 atom stereocenters. The van der Waals surface area contributed by atoms with Crippen LogP contribution in [-0.2, 0) is 4.79 Å². The predicted molar refractivity (Wildman–Crippen MR) is 98.0 cm³/mol. The van der Waals surface area contributed by atoms with Gasteiger partial charge in [0.25, 0.3) is 11.8 Å². The lowest BCUT2D eigenvalue weighted by molar-refractivity contribution is -0.123. The van der Waals surface area contributed by atoms with Crippen molar-refractivity contribution in [2.45, 2.75) is 6.92 Å². The lowest BCUT2D eigenvalue weighted by Gasteiger charge is -2.15. The Morgan fingerprint density at radius 1 is 1.22 bits per heavy atom. The van der Waals surface area contributed by atoms with E-state index in [2.05, 4.69) is 5.43 Å². The molecule has 116 valence electrons. The molecule has 1 aliphatic rings. The van der Waals surface area contributed by atoms with Gasteiger partial charge in [0.2, 0.25) is 0 Å². The Bertz CT molecular complexity index is 812. The summed E-state index contributed by atoms with van der Waals surface area (Å²) in [6.07, 6.45) is 1.80. The van der Waals surface area contributed by atoms with E-state index in [0.29, 0.717) is 14.8 Å². The highest BCUT2D eigenvalue weighted by Gasteiger charge is 2.33. The molecule has 0 radical (unpaired) electrons. The van der Waals surface area contributed by atoms with Gasteiger partial charge in [-0.25, -0.2) is 0 Å². The number of hydrazine groups is 1. The maximum Gasteiger partial charge on any atom is 0.285 e. The van der Waals surface area contributed by atoms with Crippen molar-refractivity contribution in [1.82, 2.24) is 10.4 Å². The van der Waals surface area contributed by atoms with Crippen LogP contribution in [0.4, 0.5) is 0 Å². The summed E-state index contributed by atoms with van der Waals surface area (Å²) in [4.78, 5) is 27.3. The average Bonchev–Trinajstić information content (AvgIpc) is 3.07. The highest BCUT2D eigenvalue weighted by atomic mass is 32.2. The number of amides is 2. The molecule has 2 aromatic rings. The second-order valence-corrected chi connectivity index (χ2v) is 7.77. The number of nitrogens with one attached hydrogen (secondary N) is 1. The van der Waals surface area contributed by atoms with E-state index in [-0.39, 0.29) is 11.8 Å². The maximum absolute atomic E-state index is 12.4. The molecular weight excluding hydrogens is 348 g/mol. The first-order valence-electron chi connectivity index (χ1n) is 6.75. The average molecular weight is 360 g/mol. The molecule has 2 heterocycles. The van der Waals surface area contributed by atoms with Gasteiger partial charge in [-0.1, -0.05) is 30.0 Å². The molecule has 7 heteroatoms. The summed E-state index contributed by atoms with van der Waals surface area (Å²) in [5, 5.41) is 1.13. The standard InChI is InChI=1S/C16H12N2O2S3/c1-10-7-8-12(22-10)9-13-15(20)18(16(21)23-13)17-14(19)11-5-3-2-4-6-11/h2-9H,1H3,(H,17,19)/b13-9+. The van der Waals surface area contributed by atoms with Crippen LogP contribution in [0.25, 0.3) is 6.08 Å². The van der Waals surface area contributed by atoms with Crippen molar-refractivity contribution in [3.8, 4) is 0 Å². The summed E-state index contributed by atoms with van der Waals surface area (Å²) in [5.41, 5.74) is 3.03. The third kappa shape index (κ3) is 3.52. The van der Waals surface area contributed by atoms with E-state index in [0.717, 1.165) is 9.89 Å². The SMILES string of the molecule is Cc1ccc(/C=C2/SC(=S)N(NC(=O)c3ccccc3)C2=O)s1. The number of thiophene rings is 1. The van der Waals surface area contributed by atoms with Gasteiger partial charge < -0.3 is 0 Å². The molecule has 0 bridgehead atoms. The van der Waals surface area contributed by atoms with E-state index in [1.165, 1.54) is 16.6 Å². The summed E-state index contributed by atoms with van der Waals surface area (Å²) in [7, 11) is 0. The number of hydrogen-bond acceptors (Lipinski definition) is 5. The molecule has 0 saturated carbocycles. The van der Waals surface area contributed by atoms with Crippen molar-refractivity contribution < 1.29 is 9.59 Å². The molecule has 0 spiro atoms. The lowest BCUT2D eigenvalue weighted by atomic mass is 10.2. The molecule has 1 aromatic heterocycles. The molecule has 0 aliphatic carbocycles. The van der Waals surface area contributed by atoms with Crippen LogP contribution in [0.5, 0.6) is 0 Å². The molecule has 3 rings (SSSR count). The minimum Gasteiger partial charge on any atom is -0.267 e. The molecule has 1 aromatic carbocycles. The second kappa shape index (κ2) is 6.66. The van der Waals surface area contributed by atoms with Gasteiger partial charge in [-0.05, 0) is 49.5 Å². The fourth-order valence-electron chi connectivity index (χ4n) is 1.98. The van der Waals surface area contributed by atoms with Gasteiger partial charge >= 0.3 is 0 Å². The Kier molecular flexibility index (Phi) is 4.61. The zero-order valence-corrected chi connectivity index (χ0v) is 14.6. The van der Waals surface area contributed by atoms with Crippen molar-refractivity contribution in [3.63, 3.8) is 0 Å². The zero-order valence-electron chi connectivity index (χ0n) is 12.1. The summed E-state index contributed by atoms with van der Waals surface area (Å²) < 4.78 is 0.318. The van der Waals surface area contributed by atoms with Crippen molar-refractivity contribution in [2.24, 2.45) is 0 Å². The highest BCUT2D eigenvalue weighted by molar-refractivity contribution is 8.26. The van der Waals surface area contributed by atoms with E-state index in [1.54, 1.807) is 41.7 Å². The van der Waals surface area contributed by atoms with Crippen LogP contribution in [0.1, 0.15) is 20.1 Å². The fourth-order valence-corrected chi connectivity index (χ4v) is 4.05. The van der Waals surface area contributed by atoms with Gasteiger partial charge in [-0.2, -0.15) is 5.01 Å². The molecule has 1 aliphatic heterocycles. The van der Waals surface area contributed by atoms with E-state index in [1.807, 2.05) is 25.1 Å². The zero-order chi connectivity index (χ0) is 16.4. The van der Waals surface area contributed by atoms with Crippen LogP contribution in [0.15, 0.2) is 47.4 Å². The largest absolute Gasteiger partial charge is 0.285 e. The van der Waals surface area contributed by atoms with Gasteiger partial charge in [-0.15, -0.1) is 11.3 Å². The number of nitrogens with zero attached hydrogens (tertiary/aromatic N) is 1. The third-order valence-corrected chi connectivity index (χ3v) is 5.33. The first-order valence-corrected chi connectivity index (χ1v) is 8.79.